The Kier molecular flexibility index (Phi) is 7.94. The highest BCUT2D eigenvalue weighted by Crippen LogP contribution is 2.23. The molecule has 4 rings (SSSR count). The second kappa shape index (κ2) is 11.1. The number of hydrogen-bond acceptors (Lipinski definition) is 5. The Labute approximate surface area is 217 Å². The maximum atomic E-state index is 13.2. The molecule has 7 nitrogen and oxygen atoms in total. The summed E-state index contributed by atoms with van der Waals surface area (Å²) < 4.78 is 0. The molecule has 0 radical (unpaired) electrons. The average Bonchev–Trinajstić information content (AvgIpc) is 3.33. The minimum Gasteiger partial charge on any atom is -0.368 e. The number of anilines is 2. The van der Waals surface area contributed by atoms with Crippen LogP contribution in [0.25, 0.3) is 0 Å². The van der Waals surface area contributed by atoms with E-state index in [9.17, 15) is 9.59 Å². The fourth-order valence-corrected chi connectivity index (χ4v) is 5.30. The molecule has 0 unspecified atom stereocenters. The van der Waals surface area contributed by atoms with Crippen molar-refractivity contribution in [3.63, 3.8) is 0 Å². The van der Waals surface area contributed by atoms with Crippen LogP contribution in [0.5, 0.6) is 0 Å². The van der Waals surface area contributed by atoms with E-state index in [-0.39, 0.29) is 18.0 Å². The molecule has 190 valence electrons. The summed E-state index contributed by atoms with van der Waals surface area (Å²) >= 11 is 1.43. The van der Waals surface area contributed by atoms with Gasteiger partial charge in [0, 0.05) is 49.0 Å². The van der Waals surface area contributed by atoms with Crippen LogP contribution in [-0.4, -0.2) is 58.9 Å². The van der Waals surface area contributed by atoms with E-state index in [2.05, 4.69) is 40.3 Å². The summed E-state index contributed by atoms with van der Waals surface area (Å²) in [6, 6.07) is 14.1. The summed E-state index contributed by atoms with van der Waals surface area (Å²) in [5.41, 5.74) is 5.82. The number of aryl methyl sites for hydroxylation is 3. The number of aromatic nitrogens is 1. The number of rotatable bonds is 6. The summed E-state index contributed by atoms with van der Waals surface area (Å²) in [5.74, 6) is -0.0435. The Morgan fingerprint density at radius 1 is 0.972 bits per heavy atom. The second-order valence-corrected chi connectivity index (χ2v) is 10.6. The van der Waals surface area contributed by atoms with Gasteiger partial charge >= 0.3 is 6.03 Å². The summed E-state index contributed by atoms with van der Waals surface area (Å²) in [6.07, 6.45) is 0. The van der Waals surface area contributed by atoms with Crippen LogP contribution < -0.4 is 10.2 Å². The van der Waals surface area contributed by atoms with E-state index in [0.29, 0.717) is 25.3 Å². The molecular formula is C28H35N5O2S. The molecular weight excluding hydrogens is 470 g/mol. The molecule has 0 atom stereocenters. The number of piperazine rings is 1. The van der Waals surface area contributed by atoms with Crippen molar-refractivity contribution in [2.24, 2.45) is 0 Å². The molecule has 0 aliphatic carbocycles. The fourth-order valence-electron chi connectivity index (χ4n) is 4.54. The largest absolute Gasteiger partial charge is 0.368 e. The number of nitrogens with one attached hydrogen (secondary N) is 1. The number of hydrogen-bond donors (Lipinski definition) is 1. The van der Waals surface area contributed by atoms with Crippen molar-refractivity contribution in [1.82, 2.24) is 14.8 Å². The number of carbonyl (C=O) groups is 2. The summed E-state index contributed by atoms with van der Waals surface area (Å²) in [7, 11) is 0. The first-order valence-corrected chi connectivity index (χ1v) is 13.3. The Morgan fingerprint density at radius 2 is 1.61 bits per heavy atom. The van der Waals surface area contributed by atoms with Gasteiger partial charge in [0.1, 0.15) is 10.7 Å². The molecule has 1 aliphatic heterocycles. The molecule has 8 heteroatoms. The maximum absolute atomic E-state index is 13.2. The molecule has 36 heavy (non-hydrogen) atoms. The van der Waals surface area contributed by atoms with Crippen molar-refractivity contribution in [3.8, 4) is 0 Å². The minimum absolute atomic E-state index is 0.0214. The normalized spacial score (nSPS) is 13.7. The number of amides is 3. The number of benzene rings is 2. The lowest BCUT2D eigenvalue weighted by Gasteiger charge is -2.36. The molecule has 1 saturated heterocycles. The van der Waals surface area contributed by atoms with E-state index in [1.165, 1.54) is 22.6 Å². The highest BCUT2D eigenvalue weighted by molar-refractivity contribution is 7.09. The lowest BCUT2D eigenvalue weighted by atomic mass is 10.1. The Morgan fingerprint density at radius 3 is 2.25 bits per heavy atom. The molecule has 2 aromatic carbocycles. The van der Waals surface area contributed by atoms with E-state index < -0.39 is 0 Å². The van der Waals surface area contributed by atoms with Crippen LogP contribution in [0.2, 0.25) is 0 Å². The zero-order valence-electron chi connectivity index (χ0n) is 21.7. The van der Waals surface area contributed by atoms with Crippen molar-refractivity contribution in [3.05, 3.63) is 75.2 Å². The molecule has 0 saturated carbocycles. The summed E-state index contributed by atoms with van der Waals surface area (Å²) in [4.78, 5) is 36.9. The first-order valence-electron chi connectivity index (χ1n) is 12.4. The second-order valence-electron chi connectivity index (χ2n) is 9.61. The van der Waals surface area contributed by atoms with Crippen LogP contribution in [0.15, 0.2) is 47.8 Å². The Balaban J connectivity index is 1.38. The lowest BCUT2D eigenvalue weighted by molar-refractivity contribution is 0.0741. The molecule has 0 bridgehead atoms. The van der Waals surface area contributed by atoms with Gasteiger partial charge in [0.15, 0.2) is 0 Å². The average molecular weight is 506 g/mol. The van der Waals surface area contributed by atoms with Crippen molar-refractivity contribution in [2.45, 2.75) is 47.2 Å². The number of nitrogens with zero attached hydrogens (tertiary/aromatic N) is 4. The first-order chi connectivity index (χ1) is 17.2. The lowest BCUT2D eigenvalue weighted by Crippen LogP contribution is -2.49. The molecule has 1 aliphatic rings. The van der Waals surface area contributed by atoms with Crippen molar-refractivity contribution >= 4 is 34.6 Å². The third kappa shape index (κ3) is 5.70. The van der Waals surface area contributed by atoms with Gasteiger partial charge in [-0.15, -0.1) is 11.3 Å². The monoisotopic (exact) mass is 505 g/mol. The minimum atomic E-state index is -0.169. The molecule has 3 amide bonds. The first kappa shape index (κ1) is 25.7. The van der Waals surface area contributed by atoms with Crippen LogP contribution in [-0.2, 0) is 6.54 Å². The third-order valence-electron chi connectivity index (χ3n) is 6.70. The molecule has 1 aromatic heterocycles. The van der Waals surface area contributed by atoms with Gasteiger partial charge in [0.2, 0.25) is 0 Å². The smallest absolute Gasteiger partial charge is 0.322 e. The standard InChI is InChI=1S/C28H35N5O2S/c1-19(2)33(28(35)30-26-21(4)10-8-11-22(26)5)17-25-29-23(18-36-25)27(34)32-15-13-31(14-16-32)24-12-7-6-9-20(24)3/h6-12,18-19H,13-17H2,1-5H3,(H,30,35). The van der Waals surface area contributed by atoms with Gasteiger partial charge in [0.25, 0.3) is 5.91 Å². The van der Waals surface area contributed by atoms with Crippen molar-refractivity contribution in [1.29, 1.82) is 0 Å². The zero-order chi connectivity index (χ0) is 25.8. The topological polar surface area (TPSA) is 68.8 Å². The predicted molar refractivity (Wildman–Crippen MR) is 147 cm³/mol. The fraction of sp³-hybridized carbons (Fsp3) is 0.393. The molecule has 0 spiro atoms. The van der Waals surface area contributed by atoms with Gasteiger partial charge in [-0.1, -0.05) is 36.4 Å². The number of urea groups is 1. The molecule has 3 aromatic rings. The van der Waals surface area contributed by atoms with Gasteiger partial charge < -0.3 is 20.0 Å². The highest BCUT2D eigenvalue weighted by atomic mass is 32.1. The van der Waals surface area contributed by atoms with Crippen LogP contribution in [0.1, 0.15) is 46.0 Å². The molecule has 1 fully saturated rings. The zero-order valence-corrected chi connectivity index (χ0v) is 22.6. The van der Waals surface area contributed by atoms with Crippen molar-refractivity contribution < 1.29 is 9.59 Å². The van der Waals surface area contributed by atoms with E-state index in [0.717, 1.165) is 34.9 Å². The van der Waals surface area contributed by atoms with Gasteiger partial charge in [0.05, 0.1) is 6.54 Å². The van der Waals surface area contributed by atoms with E-state index in [1.54, 1.807) is 4.90 Å². The number of carbonyl (C=O) groups excluding carboxylic acids is 2. The van der Waals surface area contributed by atoms with E-state index in [1.807, 2.05) is 62.2 Å². The van der Waals surface area contributed by atoms with Crippen LogP contribution in [0, 0.1) is 20.8 Å². The van der Waals surface area contributed by atoms with E-state index >= 15 is 0 Å². The SMILES string of the molecule is Cc1ccccc1N1CCN(C(=O)c2csc(CN(C(=O)Nc3c(C)cccc3C)C(C)C)n2)CC1. The number of thiazole rings is 1. The van der Waals surface area contributed by atoms with Crippen molar-refractivity contribution in [2.75, 3.05) is 36.4 Å². The van der Waals surface area contributed by atoms with Crippen LogP contribution in [0.4, 0.5) is 16.2 Å². The predicted octanol–water partition coefficient (Wildman–Crippen LogP) is 5.47. The van der Waals surface area contributed by atoms with Gasteiger partial charge in [-0.05, 0) is 57.4 Å². The maximum Gasteiger partial charge on any atom is 0.322 e. The van der Waals surface area contributed by atoms with Crippen LogP contribution >= 0.6 is 11.3 Å². The summed E-state index contributed by atoms with van der Waals surface area (Å²) in [6.45, 7) is 13.3. The third-order valence-corrected chi connectivity index (χ3v) is 7.53. The van der Waals surface area contributed by atoms with Gasteiger partial charge in [-0.3, -0.25) is 4.79 Å². The van der Waals surface area contributed by atoms with Crippen LogP contribution in [0.3, 0.4) is 0 Å². The van der Waals surface area contributed by atoms with Gasteiger partial charge in [-0.25, -0.2) is 9.78 Å². The summed E-state index contributed by atoms with van der Waals surface area (Å²) in [5, 5.41) is 5.63. The highest BCUT2D eigenvalue weighted by Gasteiger charge is 2.26. The quantitative estimate of drug-likeness (QED) is 0.482. The van der Waals surface area contributed by atoms with Gasteiger partial charge in [-0.2, -0.15) is 0 Å². The molecule has 1 N–H and O–H groups in total. The molecule has 2 heterocycles. The van der Waals surface area contributed by atoms with E-state index in [4.69, 9.17) is 0 Å². The number of para-hydroxylation sites is 2. The Bertz CT molecular complexity index is 1210. The Hall–Kier alpha value is -3.39.